The van der Waals surface area contributed by atoms with Crippen LogP contribution in [0, 0.1) is 5.92 Å². The summed E-state index contributed by atoms with van der Waals surface area (Å²) < 4.78 is 37.3. The lowest BCUT2D eigenvalue weighted by molar-refractivity contribution is -0.141. The van der Waals surface area contributed by atoms with Gasteiger partial charge in [-0.3, -0.25) is 9.69 Å². The van der Waals surface area contributed by atoms with Crippen LogP contribution in [-0.2, 0) is 24.3 Å². The number of carbonyl (C=O) groups excluding carboxylic acids is 1. The number of rotatable bonds is 9. The SMILES string of the molecule is CCOC(=O)CNS(=O)(=O)CC(O)[C@H]1OC(C)(C)N(C(=O)O)[C@H]1CC1CCCCC1. The number of carbonyl (C=O) groups is 2. The molecule has 2 rings (SSSR count). The lowest BCUT2D eigenvalue weighted by atomic mass is 9.83. The summed E-state index contributed by atoms with van der Waals surface area (Å²) in [7, 11) is -4.01. The zero-order valence-electron chi connectivity index (χ0n) is 17.9. The highest BCUT2D eigenvalue weighted by Gasteiger charge is 2.53. The van der Waals surface area contributed by atoms with Crippen molar-refractivity contribution in [1.82, 2.24) is 9.62 Å². The Hall–Kier alpha value is -1.43. The zero-order chi connectivity index (χ0) is 22.5. The van der Waals surface area contributed by atoms with Gasteiger partial charge < -0.3 is 19.7 Å². The molecule has 1 saturated heterocycles. The Bertz CT molecular complexity index is 705. The molecule has 1 aliphatic heterocycles. The van der Waals surface area contributed by atoms with Crippen molar-refractivity contribution in [3.63, 3.8) is 0 Å². The topological polar surface area (TPSA) is 142 Å². The maximum absolute atomic E-state index is 12.3. The van der Waals surface area contributed by atoms with Crippen LogP contribution in [-0.4, -0.2) is 78.5 Å². The Balaban J connectivity index is 2.12. The number of carboxylic acid groups (broad SMARTS) is 1. The molecule has 0 bridgehead atoms. The molecule has 174 valence electrons. The third kappa shape index (κ3) is 6.53. The number of esters is 1. The number of aliphatic hydroxyl groups is 1. The predicted molar refractivity (Wildman–Crippen MR) is 108 cm³/mol. The fourth-order valence-corrected chi connectivity index (χ4v) is 5.58. The van der Waals surface area contributed by atoms with Crippen LogP contribution in [0.25, 0.3) is 0 Å². The van der Waals surface area contributed by atoms with Gasteiger partial charge in [-0.05, 0) is 33.1 Å². The van der Waals surface area contributed by atoms with Crippen LogP contribution < -0.4 is 4.72 Å². The lowest BCUT2D eigenvalue weighted by Gasteiger charge is -2.34. The lowest BCUT2D eigenvalue weighted by Crippen LogP contribution is -2.50. The van der Waals surface area contributed by atoms with Gasteiger partial charge in [0.2, 0.25) is 10.0 Å². The molecule has 2 fully saturated rings. The summed E-state index contributed by atoms with van der Waals surface area (Å²) in [6.07, 6.45) is 2.16. The normalized spacial score (nSPS) is 25.8. The first-order valence-electron chi connectivity index (χ1n) is 10.5. The molecule has 0 aromatic heterocycles. The van der Waals surface area contributed by atoms with Gasteiger partial charge in [-0.15, -0.1) is 0 Å². The van der Waals surface area contributed by atoms with Gasteiger partial charge in [-0.2, -0.15) is 0 Å². The maximum atomic E-state index is 12.3. The van der Waals surface area contributed by atoms with Crippen LogP contribution in [0.1, 0.15) is 59.3 Å². The fraction of sp³-hybridized carbons (Fsp3) is 0.895. The minimum atomic E-state index is -4.01. The minimum Gasteiger partial charge on any atom is -0.465 e. The number of hydrogen-bond donors (Lipinski definition) is 3. The molecule has 2 aliphatic rings. The van der Waals surface area contributed by atoms with E-state index in [2.05, 4.69) is 9.46 Å². The highest BCUT2D eigenvalue weighted by molar-refractivity contribution is 7.89. The smallest absolute Gasteiger partial charge is 0.409 e. The van der Waals surface area contributed by atoms with E-state index in [1.54, 1.807) is 20.8 Å². The number of amides is 1. The molecule has 1 amide bonds. The first kappa shape index (κ1) is 24.8. The Kier molecular flexibility index (Phi) is 8.49. The van der Waals surface area contributed by atoms with Crippen molar-refractivity contribution in [1.29, 1.82) is 0 Å². The average molecular weight is 451 g/mol. The number of sulfonamides is 1. The second-order valence-electron chi connectivity index (χ2n) is 8.46. The standard InChI is InChI=1S/C19H34N2O8S/c1-4-28-16(23)11-20-30(26,27)12-15(22)17-14(10-13-8-6-5-7-9-13)21(18(24)25)19(2,3)29-17/h13-15,17,20,22H,4-12H2,1-3H3,(H,24,25)/t14-,15?,17-/m0/s1. The molecule has 1 saturated carbocycles. The van der Waals surface area contributed by atoms with Crippen molar-refractivity contribution < 1.29 is 37.7 Å². The molecule has 3 atom stereocenters. The van der Waals surface area contributed by atoms with Crippen LogP contribution in [0.5, 0.6) is 0 Å². The summed E-state index contributed by atoms with van der Waals surface area (Å²) in [6, 6.07) is -0.657. The third-order valence-electron chi connectivity index (χ3n) is 5.73. The molecule has 1 aliphatic carbocycles. The highest BCUT2D eigenvalue weighted by Crippen LogP contribution is 2.39. The van der Waals surface area contributed by atoms with Crippen molar-refractivity contribution in [2.75, 3.05) is 18.9 Å². The van der Waals surface area contributed by atoms with Crippen molar-refractivity contribution in [3.8, 4) is 0 Å². The number of nitrogens with one attached hydrogen (secondary N) is 1. The predicted octanol–water partition coefficient (Wildman–Crippen LogP) is 1.28. The van der Waals surface area contributed by atoms with E-state index in [1.165, 1.54) is 4.90 Å². The fourth-order valence-electron chi connectivity index (χ4n) is 4.49. The zero-order valence-corrected chi connectivity index (χ0v) is 18.7. The van der Waals surface area contributed by atoms with E-state index in [4.69, 9.17) is 4.74 Å². The van der Waals surface area contributed by atoms with Crippen molar-refractivity contribution in [2.24, 2.45) is 5.92 Å². The maximum Gasteiger partial charge on any atom is 0.409 e. The van der Waals surface area contributed by atoms with Crippen LogP contribution in [0.15, 0.2) is 0 Å². The van der Waals surface area contributed by atoms with Gasteiger partial charge in [0.1, 0.15) is 18.4 Å². The minimum absolute atomic E-state index is 0.127. The van der Waals surface area contributed by atoms with Gasteiger partial charge in [0, 0.05) is 0 Å². The summed E-state index contributed by atoms with van der Waals surface area (Å²) in [4.78, 5) is 24.5. The van der Waals surface area contributed by atoms with Crippen molar-refractivity contribution >= 4 is 22.1 Å². The second kappa shape index (κ2) is 10.3. The number of hydrogen-bond acceptors (Lipinski definition) is 7. The van der Waals surface area contributed by atoms with E-state index in [0.29, 0.717) is 12.3 Å². The van der Waals surface area contributed by atoms with Gasteiger partial charge in [0.25, 0.3) is 0 Å². The Morgan fingerprint density at radius 2 is 1.90 bits per heavy atom. The Labute approximate surface area is 178 Å². The monoisotopic (exact) mass is 450 g/mol. The average Bonchev–Trinajstić information content (AvgIpc) is 2.91. The van der Waals surface area contributed by atoms with E-state index < -0.39 is 58.4 Å². The van der Waals surface area contributed by atoms with E-state index in [0.717, 1.165) is 32.1 Å². The molecule has 0 aromatic carbocycles. The molecule has 11 heteroatoms. The summed E-state index contributed by atoms with van der Waals surface area (Å²) in [5.74, 6) is -1.13. The van der Waals surface area contributed by atoms with Gasteiger partial charge in [-0.25, -0.2) is 17.9 Å². The summed E-state index contributed by atoms with van der Waals surface area (Å²) in [5, 5.41) is 20.5. The van der Waals surface area contributed by atoms with Crippen molar-refractivity contribution in [2.45, 2.75) is 83.3 Å². The van der Waals surface area contributed by atoms with E-state index in [9.17, 15) is 28.2 Å². The molecule has 0 aromatic rings. The highest BCUT2D eigenvalue weighted by atomic mass is 32.2. The second-order valence-corrected chi connectivity index (χ2v) is 10.3. The third-order valence-corrected chi connectivity index (χ3v) is 7.10. The van der Waals surface area contributed by atoms with Crippen LogP contribution in [0.2, 0.25) is 0 Å². The summed E-state index contributed by atoms with van der Waals surface area (Å²) in [5.41, 5.74) is -1.20. The molecule has 0 spiro atoms. The van der Waals surface area contributed by atoms with Crippen LogP contribution >= 0.6 is 0 Å². The molecule has 0 radical (unpaired) electrons. The van der Waals surface area contributed by atoms with Gasteiger partial charge in [0.05, 0.1) is 24.5 Å². The van der Waals surface area contributed by atoms with Gasteiger partial charge in [-0.1, -0.05) is 32.1 Å². The molecular formula is C19H34N2O8S. The molecular weight excluding hydrogens is 416 g/mol. The Morgan fingerprint density at radius 3 is 2.47 bits per heavy atom. The van der Waals surface area contributed by atoms with Gasteiger partial charge in [0.15, 0.2) is 0 Å². The quantitative estimate of drug-likeness (QED) is 0.446. The first-order valence-corrected chi connectivity index (χ1v) is 12.1. The molecule has 3 N–H and O–H groups in total. The largest absolute Gasteiger partial charge is 0.465 e. The molecule has 30 heavy (non-hydrogen) atoms. The molecule has 10 nitrogen and oxygen atoms in total. The molecule has 1 unspecified atom stereocenters. The van der Waals surface area contributed by atoms with E-state index in [1.807, 2.05) is 0 Å². The number of nitrogens with zero attached hydrogens (tertiary/aromatic N) is 1. The van der Waals surface area contributed by atoms with E-state index in [-0.39, 0.29) is 6.61 Å². The summed E-state index contributed by atoms with van der Waals surface area (Å²) >= 11 is 0. The first-order chi connectivity index (χ1) is 14.0. The summed E-state index contributed by atoms with van der Waals surface area (Å²) in [6.45, 7) is 4.38. The van der Waals surface area contributed by atoms with Crippen LogP contribution in [0.3, 0.4) is 0 Å². The van der Waals surface area contributed by atoms with Crippen LogP contribution in [0.4, 0.5) is 4.79 Å². The van der Waals surface area contributed by atoms with Gasteiger partial charge >= 0.3 is 12.1 Å². The number of aliphatic hydroxyl groups excluding tert-OH is 1. The van der Waals surface area contributed by atoms with E-state index >= 15 is 0 Å². The number of ether oxygens (including phenoxy) is 2. The van der Waals surface area contributed by atoms with Crippen molar-refractivity contribution in [3.05, 3.63) is 0 Å². The molecule has 1 heterocycles. The Morgan fingerprint density at radius 1 is 1.27 bits per heavy atom.